The van der Waals surface area contributed by atoms with Crippen LogP contribution in [0, 0.1) is 5.82 Å². The molecule has 0 atom stereocenters. The minimum Gasteiger partial charge on any atom is -0.478 e. The van der Waals surface area contributed by atoms with Gasteiger partial charge in [0, 0.05) is 12.7 Å². The Bertz CT molecular complexity index is 385. The normalized spacial score (nSPS) is 11.5. The number of carboxylic acids is 1. The van der Waals surface area contributed by atoms with E-state index < -0.39 is 11.8 Å². The van der Waals surface area contributed by atoms with Crippen molar-refractivity contribution in [1.29, 1.82) is 0 Å². The molecule has 0 amide bonds. The maximum Gasteiger partial charge on any atom is 0.333 e. The van der Waals surface area contributed by atoms with Gasteiger partial charge in [0.15, 0.2) is 0 Å². The van der Waals surface area contributed by atoms with E-state index in [1.54, 1.807) is 12.1 Å². The van der Waals surface area contributed by atoms with E-state index in [2.05, 4.69) is 0 Å². The number of ether oxygens (including phenoxy) is 1. The minimum atomic E-state index is -1.11. The fourth-order valence-electron chi connectivity index (χ4n) is 1.10. The van der Waals surface area contributed by atoms with Crippen LogP contribution in [0.4, 0.5) is 4.39 Å². The van der Waals surface area contributed by atoms with Gasteiger partial charge in [0.1, 0.15) is 5.82 Å². The molecule has 0 saturated heterocycles. The second-order valence-corrected chi connectivity index (χ2v) is 2.93. The zero-order valence-corrected chi connectivity index (χ0v) is 8.24. The largest absolute Gasteiger partial charge is 0.478 e. The summed E-state index contributed by atoms with van der Waals surface area (Å²) in [6.07, 6.45) is 1.27. The highest BCUT2D eigenvalue weighted by Gasteiger charge is 2.08. The number of hydrogen-bond acceptors (Lipinski definition) is 2. The number of aliphatic carboxylic acids is 1. The molecule has 0 bridgehead atoms. The van der Waals surface area contributed by atoms with Crippen LogP contribution in [0.5, 0.6) is 0 Å². The average Bonchev–Trinajstić information content (AvgIpc) is 2.20. The summed E-state index contributed by atoms with van der Waals surface area (Å²) in [5.41, 5.74) is 0.259. The first kappa shape index (κ1) is 11.4. The summed E-state index contributed by atoms with van der Waals surface area (Å²) in [4.78, 5) is 10.7. The average molecular weight is 210 g/mol. The Morgan fingerprint density at radius 1 is 1.53 bits per heavy atom. The van der Waals surface area contributed by atoms with Crippen LogP contribution in [0.2, 0.25) is 0 Å². The first-order valence-corrected chi connectivity index (χ1v) is 4.32. The zero-order valence-electron chi connectivity index (χ0n) is 8.24. The van der Waals surface area contributed by atoms with Crippen molar-refractivity contribution in [2.24, 2.45) is 0 Å². The predicted octanol–water partition coefficient (Wildman–Crippen LogP) is 1.94. The summed E-state index contributed by atoms with van der Waals surface area (Å²) in [5, 5.41) is 8.79. The van der Waals surface area contributed by atoms with E-state index in [1.807, 2.05) is 0 Å². The molecular formula is C11H11FO3. The fraction of sp³-hybridized carbons (Fsp3) is 0.182. The summed E-state index contributed by atoms with van der Waals surface area (Å²) in [7, 11) is 1.39. The second kappa shape index (κ2) is 5.26. The highest BCUT2D eigenvalue weighted by molar-refractivity contribution is 5.92. The lowest BCUT2D eigenvalue weighted by Gasteiger charge is -2.01. The van der Waals surface area contributed by atoms with Crippen LogP contribution in [-0.2, 0) is 9.53 Å². The van der Waals surface area contributed by atoms with E-state index in [9.17, 15) is 9.18 Å². The molecule has 0 aliphatic rings. The van der Waals surface area contributed by atoms with Gasteiger partial charge in [0.05, 0.1) is 12.2 Å². The van der Waals surface area contributed by atoms with Crippen molar-refractivity contribution in [3.05, 3.63) is 41.2 Å². The van der Waals surface area contributed by atoms with Crippen LogP contribution >= 0.6 is 0 Å². The Morgan fingerprint density at radius 2 is 2.20 bits per heavy atom. The Kier molecular flexibility index (Phi) is 4.00. The number of rotatable bonds is 4. The molecule has 0 aliphatic heterocycles. The molecular weight excluding hydrogens is 199 g/mol. The molecule has 0 spiro atoms. The molecule has 1 aromatic rings. The van der Waals surface area contributed by atoms with Gasteiger partial charge in [-0.05, 0) is 12.1 Å². The van der Waals surface area contributed by atoms with E-state index in [1.165, 1.54) is 25.3 Å². The number of carboxylic acid groups (broad SMARTS) is 1. The summed E-state index contributed by atoms with van der Waals surface area (Å²) >= 11 is 0. The van der Waals surface area contributed by atoms with Crippen molar-refractivity contribution < 1.29 is 19.0 Å². The number of carbonyl (C=O) groups is 1. The van der Waals surface area contributed by atoms with E-state index in [4.69, 9.17) is 9.84 Å². The predicted molar refractivity (Wildman–Crippen MR) is 53.9 cm³/mol. The smallest absolute Gasteiger partial charge is 0.333 e. The number of methoxy groups -OCH3 is 1. The molecule has 80 valence electrons. The standard InChI is InChI=1S/C11H11FO3/c1-15-7-9(11(13)14)6-8-4-2-3-5-10(8)12/h2-6H,7H2,1H3,(H,13,14)/b9-6+. The van der Waals surface area contributed by atoms with Gasteiger partial charge in [-0.3, -0.25) is 0 Å². The number of hydrogen-bond donors (Lipinski definition) is 1. The van der Waals surface area contributed by atoms with Gasteiger partial charge in [-0.25, -0.2) is 9.18 Å². The zero-order chi connectivity index (χ0) is 11.3. The maximum absolute atomic E-state index is 13.2. The summed E-state index contributed by atoms with van der Waals surface area (Å²) in [6.45, 7) is -0.0519. The molecule has 0 unspecified atom stereocenters. The SMILES string of the molecule is COC/C(=C\c1ccccc1F)C(=O)O. The third kappa shape index (κ3) is 3.18. The third-order valence-corrected chi connectivity index (χ3v) is 1.81. The lowest BCUT2D eigenvalue weighted by molar-refractivity contribution is -0.133. The minimum absolute atomic E-state index is 0.0163. The molecule has 0 aliphatic carbocycles. The lowest BCUT2D eigenvalue weighted by Crippen LogP contribution is -2.06. The van der Waals surface area contributed by atoms with Crippen LogP contribution in [-0.4, -0.2) is 24.8 Å². The Balaban J connectivity index is 3.02. The summed E-state index contributed by atoms with van der Waals surface area (Å²) < 4.78 is 17.9. The first-order valence-electron chi connectivity index (χ1n) is 4.32. The van der Waals surface area contributed by atoms with Gasteiger partial charge in [0.25, 0.3) is 0 Å². The Morgan fingerprint density at radius 3 is 2.73 bits per heavy atom. The Labute approximate surface area is 86.8 Å². The summed E-state index contributed by atoms with van der Waals surface area (Å²) in [6, 6.07) is 5.97. The third-order valence-electron chi connectivity index (χ3n) is 1.81. The van der Waals surface area contributed by atoms with Gasteiger partial charge in [0.2, 0.25) is 0 Å². The van der Waals surface area contributed by atoms with Crippen LogP contribution in [0.1, 0.15) is 5.56 Å². The molecule has 15 heavy (non-hydrogen) atoms. The van der Waals surface area contributed by atoms with Crippen molar-refractivity contribution in [2.45, 2.75) is 0 Å². The van der Waals surface area contributed by atoms with Gasteiger partial charge in [-0.15, -0.1) is 0 Å². The van der Waals surface area contributed by atoms with Crippen molar-refractivity contribution in [3.63, 3.8) is 0 Å². The van der Waals surface area contributed by atoms with Crippen molar-refractivity contribution in [3.8, 4) is 0 Å². The fourth-order valence-corrected chi connectivity index (χ4v) is 1.10. The lowest BCUT2D eigenvalue weighted by atomic mass is 10.1. The Hall–Kier alpha value is -1.68. The van der Waals surface area contributed by atoms with Crippen LogP contribution in [0.15, 0.2) is 29.8 Å². The van der Waals surface area contributed by atoms with Crippen molar-refractivity contribution in [2.75, 3.05) is 13.7 Å². The molecule has 0 heterocycles. The van der Waals surface area contributed by atoms with Gasteiger partial charge >= 0.3 is 5.97 Å². The molecule has 3 nitrogen and oxygen atoms in total. The van der Waals surface area contributed by atoms with E-state index >= 15 is 0 Å². The van der Waals surface area contributed by atoms with Crippen molar-refractivity contribution >= 4 is 12.0 Å². The molecule has 1 rings (SSSR count). The first-order chi connectivity index (χ1) is 7.15. The molecule has 0 fully saturated rings. The van der Waals surface area contributed by atoms with Gasteiger partial charge < -0.3 is 9.84 Å². The molecule has 1 aromatic carbocycles. The van der Waals surface area contributed by atoms with E-state index in [0.29, 0.717) is 0 Å². The molecule has 1 N–H and O–H groups in total. The molecule has 0 radical (unpaired) electrons. The number of benzene rings is 1. The highest BCUT2D eigenvalue weighted by Crippen LogP contribution is 2.11. The van der Waals surface area contributed by atoms with Crippen LogP contribution in [0.3, 0.4) is 0 Å². The number of halogens is 1. The van der Waals surface area contributed by atoms with E-state index in [0.717, 1.165) is 0 Å². The van der Waals surface area contributed by atoms with Gasteiger partial charge in [-0.2, -0.15) is 0 Å². The van der Waals surface area contributed by atoms with Gasteiger partial charge in [-0.1, -0.05) is 18.2 Å². The molecule has 4 heteroatoms. The maximum atomic E-state index is 13.2. The second-order valence-electron chi connectivity index (χ2n) is 2.93. The highest BCUT2D eigenvalue weighted by atomic mass is 19.1. The van der Waals surface area contributed by atoms with Crippen molar-refractivity contribution in [1.82, 2.24) is 0 Å². The van der Waals surface area contributed by atoms with E-state index in [-0.39, 0.29) is 17.7 Å². The van der Waals surface area contributed by atoms with Crippen LogP contribution < -0.4 is 0 Å². The van der Waals surface area contributed by atoms with Crippen LogP contribution in [0.25, 0.3) is 6.08 Å². The topological polar surface area (TPSA) is 46.5 Å². The summed E-state index contributed by atoms with van der Waals surface area (Å²) in [5.74, 6) is -1.56. The molecule has 0 saturated carbocycles. The monoisotopic (exact) mass is 210 g/mol. The quantitative estimate of drug-likeness (QED) is 0.772. The molecule has 0 aromatic heterocycles.